The minimum atomic E-state index is 0.280. The average molecular weight is 289 g/mol. The second-order valence-corrected chi connectivity index (χ2v) is 6.76. The van der Waals surface area contributed by atoms with Crippen molar-refractivity contribution in [1.29, 1.82) is 0 Å². The SMILES string of the molecule is CCNCC1(c2cccc(OC)c2)CC2(CCOCC2)C1. The largest absolute Gasteiger partial charge is 0.497 e. The average Bonchev–Trinajstić information content (AvgIpc) is 2.51. The lowest BCUT2D eigenvalue weighted by atomic mass is 9.48. The van der Waals surface area contributed by atoms with Crippen molar-refractivity contribution >= 4 is 0 Å². The number of hydrogen-bond acceptors (Lipinski definition) is 3. The van der Waals surface area contributed by atoms with Gasteiger partial charge in [0.15, 0.2) is 0 Å². The highest BCUT2D eigenvalue weighted by molar-refractivity contribution is 5.37. The number of benzene rings is 1. The molecule has 116 valence electrons. The summed E-state index contributed by atoms with van der Waals surface area (Å²) in [6.07, 6.45) is 5.02. The lowest BCUT2D eigenvalue weighted by molar-refractivity contribution is -0.0736. The van der Waals surface area contributed by atoms with E-state index in [1.54, 1.807) is 7.11 Å². The molecule has 3 nitrogen and oxygen atoms in total. The number of rotatable bonds is 5. The summed E-state index contributed by atoms with van der Waals surface area (Å²) < 4.78 is 11.0. The Labute approximate surface area is 128 Å². The summed E-state index contributed by atoms with van der Waals surface area (Å²) >= 11 is 0. The fourth-order valence-electron chi connectivity index (χ4n) is 4.29. The molecule has 1 heterocycles. The summed E-state index contributed by atoms with van der Waals surface area (Å²) in [5, 5.41) is 3.58. The van der Waals surface area contributed by atoms with Gasteiger partial charge in [-0.15, -0.1) is 0 Å². The topological polar surface area (TPSA) is 30.5 Å². The molecular formula is C18H27NO2. The van der Waals surface area contributed by atoms with E-state index in [9.17, 15) is 0 Å². The molecule has 0 unspecified atom stereocenters. The molecule has 2 aliphatic rings. The van der Waals surface area contributed by atoms with Crippen molar-refractivity contribution in [2.45, 2.75) is 38.0 Å². The lowest BCUT2D eigenvalue weighted by Crippen LogP contribution is -2.56. The molecule has 0 bridgehead atoms. The maximum absolute atomic E-state index is 5.56. The standard InChI is InChI=1S/C18H27NO2/c1-3-19-14-18(15-5-4-6-16(11-15)20-2)12-17(13-18)7-9-21-10-8-17/h4-6,11,19H,3,7-10,12-14H2,1-2H3. The van der Waals surface area contributed by atoms with Crippen LogP contribution in [-0.2, 0) is 10.2 Å². The molecule has 0 amide bonds. The maximum Gasteiger partial charge on any atom is 0.119 e. The molecular weight excluding hydrogens is 262 g/mol. The highest BCUT2D eigenvalue weighted by Gasteiger charge is 2.54. The number of ether oxygens (including phenoxy) is 2. The van der Waals surface area contributed by atoms with E-state index in [-0.39, 0.29) is 5.41 Å². The minimum absolute atomic E-state index is 0.280. The molecule has 0 radical (unpaired) electrons. The number of methoxy groups -OCH3 is 1. The molecule has 3 heteroatoms. The van der Waals surface area contributed by atoms with Crippen LogP contribution in [-0.4, -0.2) is 33.4 Å². The van der Waals surface area contributed by atoms with E-state index in [0.29, 0.717) is 5.41 Å². The van der Waals surface area contributed by atoms with Crippen LogP contribution in [0.1, 0.15) is 38.2 Å². The molecule has 1 aliphatic carbocycles. The molecule has 0 aromatic heterocycles. The van der Waals surface area contributed by atoms with Crippen LogP contribution in [0, 0.1) is 5.41 Å². The van der Waals surface area contributed by atoms with E-state index < -0.39 is 0 Å². The predicted octanol–water partition coefficient (Wildman–Crippen LogP) is 3.13. The van der Waals surface area contributed by atoms with Crippen LogP contribution in [0.25, 0.3) is 0 Å². The quantitative estimate of drug-likeness (QED) is 0.903. The van der Waals surface area contributed by atoms with Gasteiger partial charge in [0.25, 0.3) is 0 Å². The van der Waals surface area contributed by atoms with Gasteiger partial charge in [0.2, 0.25) is 0 Å². The molecule has 2 fully saturated rings. The smallest absolute Gasteiger partial charge is 0.119 e. The van der Waals surface area contributed by atoms with Gasteiger partial charge < -0.3 is 14.8 Å². The van der Waals surface area contributed by atoms with Crippen molar-refractivity contribution < 1.29 is 9.47 Å². The van der Waals surface area contributed by atoms with Crippen LogP contribution in [0.3, 0.4) is 0 Å². The summed E-state index contributed by atoms with van der Waals surface area (Å²) in [6, 6.07) is 8.65. The van der Waals surface area contributed by atoms with E-state index in [1.807, 2.05) is 6.07 Å². The summed E-state index contributed by atoms with van der Waals surface area (Å²) in [4.78, 5) is 0. The summed E-state index contributed by atoms with van der Waals surface area (Å²) in [5.41, 5.74) is 2.23. The van der Waals surface area contributed by atoms with Crippen molar-refractivity contribution in [2.24, 2.45) is 5.41 Å². The third-order valence-electron chi connectivity index (χ3n) is 5.38. The summed E-state index contributed by atoms with van der Waals surface area (Å²) in [7, 11) is 1.75. The van der Waals surface area contributed by atoms with Gasteiger partial charge in [-0.1, -0.05) is 19.1 Å². The van der Waals surface area contributed by atoms with E-state index in [4.69, 9.17) is 9.47 Å². The van der Waals surface area contributed by atoms with Crippen LogP contribution in [0.15, 0.2) is 24.3 Å². The molecule has 1 saturated heterocycles. The Balaban J connectivity index is 1.81. The molecule has 1 saturated carbocycles. The minimum Gasteiger partial charge on any atom is -0.497 e. The first-order valence-corrected chi connectivity index (χ1v) is 8.15. The van der Waals surface area contributed by atoms with Crippen molar-refractivity contribution in [3.63, 3.8) is 0 Å². The zero-order chi connectivity index (χ0) is 14.8. The second-order valence-electron chi connectivity index (χ2n) is 6.76. The van der Waals surface area contributed by atoms with Crippen molar-refractivity contribution in [1.82, 2.24) is 5.32 Å². The van der Waals surface area contributed by atoms with E-state index in [0.717, 1.165) is 32.1 Å². The Kier molecular flexibility index (Phi) is 4.23. The van der Waals surface area contributed by atoms with Gasteiger partial charge in [-0.3, -0.25) is 0 Å². The Hall–Kier alpha value is -1.06. The van der Waals surface area contributed by atoms with Crippen molar-refractivity contribution in [3.05, 3.63) is 29.8 Å². The van der Waals surface area contributed by atoms with Gasteiger partial charge in [0.05, 0.1) is 7.11 Å². The zero-order valence-corrected chi connectivity index (χ0v) is 13.3. The molecule has 1 aliphatic heterocycles. The van der Waals surface area contributed by atoms with Crippen molar-refractivity contribution in [3.8, 4) is 5.75 Å². The van der Waals surface area contributed by atoms with Gasteiger partial charge in [-0.25, -0.2) is 0 Å². The second kappa shape index (κ2) is 5.98. The Morgan fingerprint density at radius 3 is 2.67 bits per heavy atom. The molecule has 1 aromatic carbocycles. The summed E-state index contributed by atoms with van der Waals surface area (Å²) in [6.45, 7) is 6.16. The van der Waals surface area contributed by atoms with Crippen LogP contribution >= 0.6 is 0 Å². The van der Waals surface area contributed by atoms with E-state index in [2.05, 4.69) is 30.4 Å². The first kappa shape index (κ1) is 14.9. The molecule has 1 N–H and O–H groups in total. The first-order chi connectivity index (χ1) is 10.2. The molecule has 1 aromatic rings. The van der Waals surface area contributed by atoms with Crippen LogP contribution < -0.4 is 10.1 Å². The van der Waals surface area contributed by atoms with Gasteiger partial charge in [-0.05, 0) is 55.3 Å². The fraction of sp³-hybridized carbons (Fsp3) is 0.667. The fourth-order valence-corrected chi connectivity index (χ4v) is 4.29. The number of likely N-dealkylation sites (N-methyl/N-ethyl adjacent to an activating group) is 1. The van der Waals surface area contributed by atoms with Crippen LogP contribution in [0.4, 0.5) is 0 Å². The van der Waals surface area contributed by atoms with E-state index >= 15 is 0 Å². The third kappa shape index (κ3) is 2.82. The Morgan fingerprint density at radius 1 is 1.24 bits per heavy atom. The van der Waals surface area contributed by atoms with Gasteiger partial charge in [-0.2, -0.15) is 0 Å². The maximum atomic E-state index is 5.56. The predicted molar refractivity (Wildman–Crippen MR) is 84.9 cm³/mol. The molecule has 1 spiro atoms. The number of hydrogen-bond donors (Lipinski definition) is 1. The first-order valence-electron chi connectivity index (χ1n) is 8.15. The Morgan fingerprint density at radius 2 is 2.00 bits per heavy atom. The molecule has 21 heavy (non-hydrogen) atoms. The zero-order valence-electron chi connectivity index (χ0n) is 13.3. The normalized spacial score (nSPS) is 22.8. The highest BCUT2D eigenvalue weighted by atomic mass is 16.5. The monoisotopic (exact) mass is 289 g/mol. The van der Waals surface area contributed by atoms with Gasteiger partial charge in [0, 0.05) is 25.2 Å². The van der Waals surface area contributed by atoms with Crippen LogP contribution in [0.2, 0.25) is 0 Å². The van der Waals surface area contributed by atoms with Gasteiger partial charge >= 0.3 is 0 Å². The highest BCUT2D eigenvalue weighted by Crippen LogP contribution is 2.60. The number of nitrogens with one attached hydrogen (secondary N) is 1. The van der Waals surface area contributed by atoms with Gasteiger partial charge in [0.1, 0.15) is 5.75 Å². The van der Waals surface area contributed by atoms with E-state index in [1.165, 1.54) is 31.2 Å². The molecule has 3 rings (SSSR count). The summed E-state index contributed by atoms with van der Waals surface area (Å²) in [5.74, 6) is 0.969. The lowest BCUT2D eigenvalue weighted by Gasteiger charge is -2.58. The van der Waals surface area contributed by atoms with Crippen LogP contribution in [0.5, 0.6) is 5.75 Å². The third-order valence-corrected chi connectivity index (χ3v) is 5.38. The van der Waals surface area contributed by atoms with Crippen molar-refractivity contribution in [2.75, 3.05) is 33.4 Å². The molecule has 0 atom stereocenters. The Bertz CT molecular complexity index is 472.